The molecule has 1 aromatic rings. The van der Waals surface area contributed by atoms with Crippen molar-refractivity contribution in [2.45, 2.75) is 18.9 Å². The average molecular weight is 161 g/mol. The molecule has 1 heterocycles. The van der Waals surface area contributed by atoms with Crippen molar-refractivity contribution in [3.05, 3.63) is 18.0 Å². The van der Waals surface area contributed by atoms with Gasteiger partial charge in [-0.3, -0.25) is 5.10 Å². The van der Waals surface area contributed by atoms with E-state index in [4.69, 9.17) is 5.73 Å². The van der Waals surface area contributed by atoms with E-state index in [9.17, 15) is 8.78 Å². The molecular weight excluding hydrogens is 152 g/mol. The number of H-pyrrole nitrogens is 1. The van der Waals surface area contributed by atoms with Crippen molar-refractivity contribution in [1.82, 2.24) is 10.2 Å². The fourth-order valence-electron chi connectivity index (χ4n) is 0.741. The lowest BCUT2D eigenvalue weighted by Crippen LogP contribution is -2.31. The minimum atomic E-state index is -2.47. The van der Waals surface area contributed by atoms with Crippen LogP contribution in [0.4, 0.5) is 8.78 Å². The van der Waals surface area contributed by atoms with Gasteiger partial charge in [-0.2, -0.15) is 5.10 Å². The molecule has 0 spiro atoms. The number of aromatic amines is 1. The molecule has 0 aliphatic heterocycles. The molecule has 1 unspecified atom stereocenters. The van der Waals surface area contributed by atoms with Gasteiger partial charge < -0.3 is 5.73 Å². The minimum Gasteiger partial charge on any atom is -0.323 e. The Morgan fingerprint density at radius 2 is 2.36 bits per heavy atom. The third-order valence-electron chi connectivity index (χ3n) is 1.34. The van der Waals surface area contributed by atoms with Gasteiger partial charge in [0.15, 0.2) is 0 Å². The Morgan fingerprint density at radius 1 is 1.64 bits per heavy atom. The summed E-state index contributed by atoms with van der Waals surface area (Å²) in [6, 6.07) is 0.526. The third-order valence-corrected chi connectivity index (χ3v) is 1.34. The molecule has 5 heteroatoms. The molecule has 0 aromatic carbocycles. The Kier molecular flexibility index (Phi) is 2.53. The number of hydrogen-bond acceptors (Lipinski definition) is 2. The van der Waals surface area contributed by atoms with Crippen LogP contribution in [0.3, 0.4) is 0 Å². The van der Waals surface area contributed by atoms with Gasteiger partial charge in [-0.15, -0.1) is 0 Å². The van der Waals surface area contributed by atoms with Crippen LogP contribution in [-0.4, -0.2) is 22.7 Å². The number of nitrogens with one attached hydrogen (secondary N) is 1. The Morgan fingerprint density at radius 3 is 2.82 bits per heavy atom. The smallest absolute Gasteiger partial charge is 0.253 e. The molecule has 0 fully saturated rings. The lowest BCUT2D eigenvalue weighted by Gasteiger charge is -2.07. The predicted molar refractivity (Wildman–Crippen MR) is 36.3 cm³/mol. The van der Waals surface area contributed by atoms with Crippen LogP contribution in [0.5, 0.6) is 0 Å². The van der Waals surface area contributed by atoms with E-state index in [1.807, 2.05) is 0 Å². The van der Waals surface area contributed by atoms with Gasteiger partial charge in [0, 0.05) is 18.3 Å². The highest BCUT2D eigenvalue weighted by Gasteiger charge is 2.15. The highest BCUT2D eigenvalue weighted by molar-refractivity contribution is 4.99. The fraction of sp³-hybridized carbons (Fsp3) is 0.500. The van der Waals surface area contributed by atoms with E-state index < -0.39 is 12.5 Å². The van der Waals surface area contributed by atoms with Crippen LogP contribution in [-0.2, 0) is 6.42 Å². The standard InChI is InChI=1S/C6H9F2N3/c7-6(8)5(9)3-4-1-2-10-11-4/h1-2,5-6H,3,9H2,(H,10,11). The molecule has 1 rings (SSSR count). The topological polar surface area (TPSA) is 54.7 Å². The Labute approximate surface area is 62.6 Å². The summed E-state index contributed by atoms with van der Waals surface area (Å²) in [5, 5.41) is 6.17. The van der Waals surface area contributed by atoms with Crippen LogP contribution in [0, 0.1) is 0 Å². The zero-order chi connectivity index (χ0) is 8.27. The van der Waals surface area contributed by atoms with Crippen molar-refractivity contribution < 1.29 is 8.78 Å². The van der Waals surface area contributed by atoms with E-state index in [0.717, 1.165) is 0 Å². The molecule has 62 valence electrons. The first-order chi connectivity index (χ1) is 5.20. The zero-order valence-corrected chi connectivity index (χ0v) is 5.80. The monoisotopic (exact) mass is 161 g/mol. The SMILES string of the molecule is NC(Cc1ccn[nH]1)C(F)F. The molecule has 11 heavy (non-hydrogen) atoms. The number of aromatic nitrogens is 2. The van der Waals surface area contributed by atoms with E-state index in [0.29, 0.717) is 5.69 Å². The van der Waals surface area contributed by atoms with Crippen molar-refractivity contribution in [2.24, 2.45) is 5.73 Å². The zero-order valence-electron chi connectivity index (χ0n) is 5.80. The van der Waals surface area contributed by atoms with Crippen molar-refractivity contribution in [1.29, 1.82) is 0 Å². The number of halogens is 2. The summed E-state index contributed by atoms with van der Waals surface area (Å²) in [4.78, 5) is 0. The van der Waals surface area contributed by atoms with Crippen molar-refractivity contribution in [3.8, 4) is 0 Å². The first-order valence-electron chi connectivity index (χ1n) is 3.22. The number of nitrogens with zero attached hydrogens (tertiary/aromatic N) is 1. The van der Waals surface area contributed by atoms with E-state index in [-0.39, 0.29) is 6.42 Å². The quantitative estimate of drug-likeness (QED) is 0.680. The van der Waals surface area contributed by atoms with Gasteiger partial charge in [0.2, 0.25) is 0 Å². The summed E-state index contributed by atoms with van der Waals surface area (Å²) >= 11 is 0. The summed E-state index contributed by atoms with van der Waals surface area (Å²) in [6.07, 6.45) is -0.830. The van der Waals surface area contributed by atoms with Gasteiger partial charge in [-0.1, -0.05) is 0 Å². The van der Waals surface area contributed by atoms with Gasteiger partial charge in [0.25, 0.3) is 6.43 Å². The fourth-order valence-corrected chi connectivity index (χ4v) is 0.741. The second kappa shape index (κ2) is 3.43. The maximum Gasteiger partial charge on any atom is 0.253 e. The number of nitrogens with two attached hydrogens (primary N) is 1. The highest BCUT2D eigenvalue weighted by Crippen LogP contribution is 2.04. The number of hydrogen-bond donors (Lipinski definition) is 2. The van der Waals surface area contributed by atoms with Crippen LogP contribution in [0.2, 0.25) is 0 Å². The van der Waals surface area contributed by atoms with Gasteiger partial charge in [-0.25, -0.2) is 8.78 Å². The predicted octanol–water partition coefficient (Wildman–Crippen LogP) is 0.545. The Balaban J connectivity index is 2.43. The summed E-state index contributed by atoms with van der Waals surface area (Å²) in [5.41, 5.74) is 5.75. The van der Waals surface area contributed by atoms with Crippen LogP contribution in [0.25, 0.3) is 0 Å². The third kappa shape index (κ3) is 2.27. The van der Waals surface area contributed by atoms with Crippen LogP contribution in [0.1, 0.15) is 5.69 Å². The summed E-state index contributed by atoms with van der Waals surface area (Å²) in [5.74, 6) is 0. The van der Waals surface area contributed by atoms with Gasteiger partial charge in [-0.05, 0) is 6.07 Å². The number of rotatable bonds is 3. The molecule has 0 aliphatic carbocycles. The molecule has 1 aromatic heterocycles. The van der Waals surface area contributed by atoms with Crippen LogP contribution in [0.15, 0.2) is 12.3 Å². The maximum absolute atomic E-state index is 11.9. The van der Waals surface area contributed by atoms with E-state index in [1.54, 1.807) is 6.07 Å². The molecule has 0 bridgehead atoms. The molecule has 3 nitrogen and oxygen atoms in total. The normalized spacial score (nSPS) is 13.8. The molecule has 3 N–H and O–H groups in total. The summed E-state index contributed by atoms with van der Waals surface area (Å²) in [6.45, 7) is 0. The molecule has 0 saturated heterocycles. The minimum absolute atomic E-state index is 0.137. The molecule has 0 radical (unpaired) electrons. The first kappa shape index (κ1) is 8.13. The van der Waals surface area contributed by atoms with E-state index in [1.165, 1.54) is 6.20 Å². The van der Waals surface area contributed by atoms with Gasteiger partial charge in [0.05, 0.1) is 6.04 Å². The van der Waals surface area contributed by atoms with E-state index >= 15 is 0 Å². The highest BCUT2D eigenvalue weighted by atomic mass is 19.3. The lowest BCUT2D eigenvalue weighted by molar-refractivity contribution is 0.115. The second-order valence-electron chi connectivity index (χ2n) is 2.28. The second-order valence-corrected chi connectivity index (χ2v) is 2.28. The van der Waals surface area contributed by atoms with Crippen molar-refractivity contribution in [2.75, 3.05) is 0 Å². The van der Waals surface area contributed by atoms with Crippen LogP contribution >= 0.6 is 0 Å². The Hall–Kier alpha value is -0.970. The van der Waals surface area contributed by atoms with Gasteiger partial charge in [0.1, 0.15) is 0 Å². The molecular formula is C6H9F2N3. The molecule has 0 saturated carbocycles. The van der Waals surface area contributed by atoms with E-state index in [2.05, 4.69) is 10.2 Å². The first-order valence-corrected chi connectivity index (χ1v) is 3.22. The van der Waals surface area contributed by atoms with Crippen molar-refractivity contribution in [3.63, 3.8) is 0 Å². The lowest BCUT2D eigenvalue weighted by atomic mass is 10.2. The maximum atomic E-state index is 11.9. The van der Waals surface area contributed by atoms with Crippen molar-refractivity contribution >= 4 is 0 Å². The summed E-state index contributed by atoms with van der Waals surface area (Å²) < 4.78 is 23.7. The van der Waals surface area contributed by atoms with Crippen LogP contribution < -0.4 is 5.73 Å². The molecule has 0 amide bonds. The molecule has 0 aliphatic rings. The summed E-state index contributed by atoms with van der Waals surface area (Å²) in [7, 11) is 0. The molecule has 1 atom stereocenters. The largest absolute Gasteiger partial charge is 0.323 e. The average Bonchev–Trinajstić information content (AvgIpc) is 2.39. The number of alkyl halides is 2. The Bertz CT molecular complexity index is 198. The van der Waals surface area contributed by atoms with Gasteiger partial charge >= 0.3 is 0 Å².